The molecule has 1 aliphatic rings. The largest absolute Gasteiger partial charge is 0.383 e. The van der Waals surface area contributed by atoms with Gasteiger partial charge in [-0.2, -0.15) is 9.61 Å². The van der Waals surface area contributed by atoms with E-state index in [9.17, 15) is 0 Å². The van der Waals surface area contributed by atoms with Gasteiger partial charge < -0.3 is 9.64 Å². The smallest absolute Gasteiger partial charge is 0.165 e. The zero-order valence-corrected chi connectivity index (χ0v) is 19.5. The second kappa shape index (κ2) is 8.03. The van der Waals surface area contributed by atoms with Crippen molar-refractivity contribution in [1.29, 1.82) is 0 Å². The summed E-state index contributed by atoms with van der Waals surface area (Å²) >= 11 is 0. The zero-order valence-electron chi connectivity index (χ0n) is 19.5. The van der Waals surface area contributed by atoms with Crippen molar-refractivity contribution >= 4 is 11.5 Å². The van der Waals surface area contributed by atoms with Crippen LogP contribution in [0.25, 0.3) is 16.8 Å². The molecule has 1 unspecified atom stereocenters. The number of benzene rings is 1. The van der Waals surface area contributed by atoms with Crippen LogP contribution in [0.4, 0.5) is 5.82 Å². The number of hydrogen-bond donors (Lipinski definition) is 0. The van der Waals surface area contributed by atoms with E-state index in [-0.39, 0.29) is 0 Å². The van der Waals surface area contributed by atoms with E-state index in [1.165, 1.54) is 39.2 Å². The predicted octanol–water partition coefficient (Wildman–Crippen LogP) is 5.12. The maximum Gasteiger partial charge on any atom is 0.165 e. The van der Waals surface area contributed by atoms with Gasteiger partial charge in [-0.3, -0.25) is 0 Å². The Morgan fingerprint density at radius 1 is 1.03 bits per heavy atom. The first-order chi connectivity index (χ1) is 14.4. The van der Waals surface area contributed by atoms with Gasteiger partial charge in [0.15, 0.2) is 5.65 Å². The molecule has 0 saturated carbocycles. The highest BCUT2D eigenvalue weighted by molar-refractivity contribution is 5.85. The van der Waals surface area contributed by atoms with Crippen molar-refractivity contribution in [2.45, 2.75) is 66.8 Å². The van der Waals surface area contributed by atoms with Crippen LogP contribution in [0.3, 0.4) is 0 Å². The van der Waals surface area contributed by atoms with E-state index in [1.54, 1.807) is 7.11 Å². The second-order valence-electron chi connectivity index (χ2n) is 8.76. The number of methoxy groups -OCH3 is 1. The number of anilines is 1. The number of nitrogens with zero attached hydrogens (tertiary/aromatic N) is 4. The molecule has 1 aliphatic heterocycles. The fourth-order valence-corrected chi connectivity index (χ4v) is 5.28. The minimum Gasteiger partial charge on any atom is -0.383 e. The van der Waals surface area contributed by atoms with E-state index in [4.69, 9.17) is 14.8 Å². The van der Waals surface area contributed by atoms with Crippen molar-refractivity contribution in [3.05, 3.63) is 45.8 Å². The summed E-state index contributed by atoms with van der Waals surface area (Å²) in [7, 11) is 1.78. The second-order valence-corrected chi connectivity index (χ2v) is 8.76. The lowest BCUT2D eigenvalue weighted by Crippen LogP contribution is -2.42. The minimum atomic E-state index is 0.508. The highest BCUT2D eigenvalue weighted by Crippen LogP contribution is 2.39. The first kappa shape index (κ1) is 20.9. The van der Waals surface area contributed by atoms with E-state index in [1.807, 2.05) is 0 Å². The predicted molar refractivity (Wildman–Crippen MR) is 124 cm³/mol. The number of aromatic nitrogens is 3. The Hall–Kier alpha value is -2.40. The molecule has 5 heteroatoms. The molecule has 0 radical (unpaired) electrons. The number of aryl methyl sites for hydroxylation is 5. The van der Waals surface area contributed by atoms with Crippen LogP contribution >= 0.6 is 0 Å². The van der Waals surface area contributed by atoms with Crippen LogP contribution in [0.1, 0.15) is 53.4 Å². The molecule has 0 N–H and O–H groups in total. The summed E-state index contributed by atoms with van der Waals surface area (Å²) < 4.78 is 7.56. The third-order valence-corrected chi connectivity index (χ3v) is 6.59. The standard InChI is InChI=1S/C25H34N4O/c1-8-20-9-10-21-18(5)26-24-23(22-16(3)13-15(2)14-17(22)4)19(6)27-29(24)25(21)28(20)11-12-30-7/h13-14,20H,8-12H2,1-7H3. The first-order valence-corrected chi connectivity index (χ1v) is 11.1. The summed E-state index contributed by atoms with van der Waals surface area (Å²) in [5.74, 6) is 1.21. The molecule has 3 aromatic rings. The summed E-state index contributed by atoms with van der Waals surface area (Å²) in [6.07, 6.45) is 3.34. The molecule has 3 heterocycles. The van der Waals surface area contributed by atoms with Gasteiger partial charge in [0.25, 0.3) is 0 Å². The molecule has 1 aromatic carbocycles. The highest BCUT2D eigenvalue weighted by Gasteiger charge is 2.31. The number of fused-ring (bicyclic) bond motifs is 3. The SMILES string of the molecule is CCC1CCc2c(C)nc3c(-c4c(C)cc(C)cc4C)c(C)nn3c2N1CCOC. The summed E-state index contributed by atoms with van der Waals surface area (Å²) in [4.78, 5) is 7.61. The molecule has 0 amide bonds. The molecule has 0 fully saturated rings. The van der Waals surface area contributed by atoms with Gasteiger partial charge in [-0.15, -0.1) is 0 Å². The molecule has 0 aliphatic carbocycles. The maximum atomic E-state index is 5.45. The Balaban J connectivity index is 2.01. The zero-order chi connectivity index (χ0) is 21.6. The Kier molecular flexibility index (Phi) is 5.58. The van der Waals surface area contributed by atoms with Crippen molar-refractivity contribution in [1.82, 2.24) is 14.6 Å². The highest BCUT2D eigenvalue weighted by atomic mass is 16.5. The molecule has 0 saturated heterocycles. The van der Waals surface area contributed by atoms with Gasteiger partial charge in [-0.05, 0) is 70.6 Å². The van der Waals surface area contributed by atoms with Gasteiger partial charge in [0, 0.05) is 31.0 Å². The number of rotatable bonds is 5. The Morgan fingerprint density at radius 3 is 2.37 bits per heavy atom. The van der Waals surface area contributed by atoms with E-state index in [0.29, 0.717) is 12.6 Å². The topological polar surface area (TPSA) is 42.7 Å². The van der Waals surface area contributed by atoms with Crippen LogP contribution in [0.15, 0.2) is 12.1 Å². The van der Waals surface area contributed by atoms with Gasteiger partial charge in [-0.25, -0.2) is 4.98 Å². The summed E-state index contributed by atoms with van der Waals surface area (Å²) in [5, 5.41) is 5.05. The van der Waals surface area contributed by atoms with Gasteiger partial charge in [0.1, 0.15) is 5.82 Å². The molecular formula is C25H34N4O. The van der Waals surface area contributed by atoms with Gasteiger partial charge in [-0.1, -0.05) is 24.6 Å². The monoisotopic (exact) mass is 406 g/mol. The maximum absolute atomic E-state index is 5.45. The van der Waals surface area contributed by atoms with Gasteiger partial charge in [0.05, 0.1) is 17.9 Å². The van der Waals surface area contributed by atoms with E-state index in [2.05, 4.69) is 63.1 Å². The average molecular weight is 407 g/mol. The Bertz CT molecular complexity index is 1080. The lowest BCUT2D eigenvalue weighted by atomic mass is 9.93. The van der Waals surface area contributed by atoms with Crippen molar-refractivity contribution in [3.63, 3.8) is 0 Å². The average Bonchev–Trinajstić information content (AvgIpc) is 3.01. The summed E-state index contributed by atoms with van der Waals surface area (Å²) in [6, 6.07) is 5.02. The first-order valence-electron chi connectivity index (χ1n) is 11.1. The van der Waals surface area contributed by atoms with Crippen LogP contribution in [0.5, 0.6) is 0 Å². The molecule has 160 valence electrons. The number of ether oxygens (including phenoxy) is 1. The van der Waals surface area contributed by atoms with Crippen LogP contribution in [-0.2, 0) is 11.2 Å². The molecule has 5 nitrogen and oxygen atoms in total. The van der Waals surface area contributed by atoms with Crippen LogP contribution < -0.4 is 4.90 Å². The molecule has 1 atom stereocenters. The quantitative estimate of drug-likeness (QED) is 0.590. The molecular weight excluding hydrogens is 372 g/mol. The summed E-state index contributed by atoms with van der Waals surface area (Å²) in [5.41, 5.74) is 10.8. The van der Waals surface area contributed by atoms with E-state index < -0.39 is 0 Å². The lowest BCUT2D eigenvalue weighted by molar-refractivity contribution is 0.201. The third kappa shape index (κ3) is 3.29. The fraction of sp³-hybridized carbons (Fsp3) is 0.520. The normalized spacial score (nSPS) is 16.4. The molecule has 0 bridgehead atoms. The lowest BCUT2D eigenvalue weighted by Gasteiger charge is -2.38. The van der Waals surface area contributed by atoms with Crippen molar-refractivity contribution < 1.29 is 4.74 Å². The molecule has 4 rings (SSSR count). The van der Waals surface area contributed by atoms with Crippen LogP contribution in [0, 0.1) is 34.6 Å². The van der Waals surface area contributed by atoms with Gasteiger partial charge >= 0.3 is 0 Å². The fourth-order valence-electron chi connectivity index (χ4n) is 5.28. The number of hydrogen-bond acceptors (Lipinski definition) is 4. The van der Waals surface area contributed by atoms with Crippen molar-refractivity contribution in [3.8, 4) is 11.1 Å². The van der Waals surface area contributed by atoms with Crippen LogP contribution in [0.2, 0.25) is 0 Å². The van der Waals surface area contributed by atoms with Crippen molar-refractivity contribution in [2.75, 3.05) is 25.2 Å². The minimum absolute atomic E-state index is 0.508. The van der Waals surface area contributed by atoms with Crippen molar-refractivity contribution in [2.24, 2.45) is 0 Å². The van der Waals surface area contributed by atoms with Gasteiger partial charge in [0.2, 0.25) is 0 Å². The van der Waals surface area contributed by atoms with E-state index >= 15 is 0 Å². The summed E-state index contributed by atoms with van der Waals surface area (Å²) in [6.45, 7) is 14.7. The molecule has 30 heavy (non-hydrogen) atoms. The van der Waals surface area contributed by atoms with Crippen LogP contribution in [-0.4, -0.2) is 40.9 Å². The molecule has 0 spiro atoms. The molecule has 2 aromatic heterocycles. The van der Waals surface area contributed by atoms with E-state index in [0.717, 1.165) is 42.8 Å². The Morgan fingerprint density at radius 2 is 1.73 bits per heavy atom. The third-order valence-electron chi connectivity index (χ3n) is 6.59. The Labute approximate surface area is 180 Å².